The molecular weight excluding hydrogens is 448 g/mol. The summed E-state index contributed by atoms with van der Waals surface area (Å²) in [5.41, 5.74) is 3.09. The highest BCUT2D eigenvalue weighted by molar-refractivity contribution is 6.26. The number of ether oxygens (including phenoxy) is 1. The van der Waals surface area contributed by atoms with Gasteiger partial charge in [0.25, 0.3) is 11.8 Å². The van der Waals surface area contributed by atoms with E-state index in [2.05, 4.69) is 10.3 Å². The van der Waals surface area contributed by atoms with Crippen molar-refractivity contribution in [2.75, 3.05) is 7.05 Å². The zero-order chi connectivity index (χ0) is 24.3. The van der Waals surface area contributed by atoms with Crippen molar-refractivity contribution < 1.29 is 18.7 Å². The maximum Gasteiger partial charge on any atom is 0.336 e. The van der Waals surface area contributed by atoms with Crippen LogP contribution in [-0.4, -0.2) is 38.8 Å². The lowest BCUT2D eigenvalue weighted by atomic mass is 9.93. The molecule has 0 unspecified atom stereocenters. The maximum atomic E-state index is 12.6. The van der Waals surface area contributed by atoms with Crippen LogP contribution in [0.3, 0.4) is 0 Å². The first kappa shape index (κ1) is 20.8. The molecule has 3 heterocycles. The van der Waals surface area contributed by atoms with Gasteiger partial charge < -0.3 is 9.15 Å². The van der Waals surface area contributed by atoms with Crippen molar-refractivity contribution >= 4 is 33.6 Å². The van der Waals surface area contributed by atoms with Gasteiger partial charge in [-0.3, -0.25) is 14.5 Å². The van der Waals surface area contributed by atoms with Gasteiger partial charge in [-0.1, -0.05) is 17.3 Å². The average Bonchev–Trinajstić information content (AvgIpc) is 3.33. The first-order valence-corrected chi connectivity index (χ1v) is 10.9. The molecule has 0 saturated heterocycles. The number of benzene rings is 3. The zero-order valence-electron chi connectivity index (χ0n) is 18.8. The van der Waals surface area contributed by atoms with Crippen LogP contribution >= 0.6 is 0 Å². The Hall–Kier alpha value is -4.79. The van der Waals surface area contributed by atoms with Crippen LogP contribution in [0, 0.1) is 6.92 Å². The lowest BCUT2D eigenvalue weighted by Crippen LogP contribution is -2.36. The Balaban J connectivity index is 1.31. The van der Waals surface area contributed by atoms with Crippen molar-refractivity contribution in [3.63, 3.8) is 0 Å². The Bertz CT molecular complexity index is 1730. The molecule has 5 aromatic rings. The molecule has 0 fully saturated rings. The number of aromatic nitrogens is 3. The van der Waals surface area contributed by atoms with E-state index in [9.17, 15) is 14.4 Å². The van der Waals surface area contributed by atoms with Crippen LogP contribution in [0.4, 0.5) is 0 Å². The minimum atomic E-state index is -0.411. The molecular formula is C26H18N4O5. The summed E-state index contributed by atoms with van der Waals surface area (Å²) in [7, 11) is 1.48. The highest BCUT2D eigenvalue weighted by atomic mass is 16.5. The standard InChI is InChI=1S/C26H18N4O5/c1-14-10-23(31)35-22-11-16(6-7-17(14)22)34-13-15-12-30(28-27-15)21-9-8-20-24-18(21)4-3-5-19(24)25(32)29(2)26(20)33/h3-12H,13H2,1-2H3. The lowest BCUT2D eigenvalue weighted by molar-refractivity contribution is 0.0650. The summed E-state index contributed by atoms with van der Waals surface area (Å²) in [5, 5.41) is 10.6. The fourth-order valence-electron chi connectivity index (χ4n) is 4.44. The topological polar surface area (TPSA) is 108 Å². The van der Waals surface area contributed by atoms with E-state index in [1.165, 1.54) is 13.1 Å². The second-order valence-corrected chi connectivity index (χ2v) is 8.38. The van der Waals surface area contributed by atoms with Gasteiger partial charge in [-0.25, -0.2) is 9.48 Å². The number of carbonyl (C=O) groups excluding carboxylic acids is 2. The molecule has 0 bridgehead atoms. The number of carbonyl (C=O) groups is 2. The van der Waals surface area contributed by atoms with E-state index in [0.29, 0.717) is 39.2 Å². The molecule has 0 atom stereocenters. The Labute approximate surface area is 198 Å². The van der Waals surface area contributed by atoms with Crippen LogP contribution in [0.2, 0.25) is 0 Å². The van der Waals surface area contributed by atoms with Crippen molar-refractivity contribution in [2.24, 2.45) is 0 Å². The molecule has 3 aromatic carbocycles. The van der Waals surface area contributed by atoms with Gasteiger partial charge in [-0.15, -0.1) is 5.10 Å². The molecule has 9 nitrogen and oxygen atoms in total. The summed E-state index contributed by atoms with van der Waals surface area (Å²) in [6.07, 6.45) is 1.73. The number of hydrogen-bond donors (Lipinski definition) is 0. The number of aryl methyl sites for hydroxylation is 1. The van der Waals surface area contributed by atoms with Gasteiger partial charge in [0.05, 0.1) is 11.9 Å². The van der Waals surface area contributed by atoms with E-state index in [1.807, 2.05) is 19.1 Å². The summed E-state index contributed by atoms with van der Waals surface area (Å²) in [5.74, 6) is -0.137. The van der Waals surface area contributed by atoms with Gasteiger partial charge in [-0.05, 0) is 42.8 Å². The maximum absolute atomic E-state index is 12.6. The summed E-state index contributed by atoms with van der Waals surface area (Å²) < 4.78 is 12.7. The summed E-state index contributed by atoms with van der Waals surface area (Å²) in [6, 6.07) is 15.6. The molecule has 6 rings (SSSR count). The number of hydrogen-bond acceptors (Lipinski definition) is 7. The molecule has 35 heavy (non-hydrogen) atoms. The SMILES string of the molecule is Cc1cc(=O)oc2cc(OCc3cn(-c4ccc5c6c(cccc46)C(=O)N(C)C5=O)nn3)ccc12. The molecule has 9 heteroatoms. The number of imide groups is 1. The first-order valence-electron chi connectivity index (χ1n) is 10.9. The second-order valence-electron chi connectivity index (χ2n) is 8.38. The Morgan fingerprint density at radius 2 is 1.74 bits per heavy atom. The molecule has 0 radical (unpaired) electrons. The van der Waals surface area contributed by atoms with E-state index in [0.717, 1.165) is 21.2 Å². The molecule has 0 aliphatic carbocycles. The largest absolute Gasteiger partial charge is 0.487 e. The van der Waals surface area contributed by atoms with E-state index >= 15 is 0 Å². The third-order valence-electron chi connectivity index (χ3n) is 6.18. The average molecular weight is 466 g/mol. The van der Waals surface area contributed by atoms with Crippen molar-refractivity contribution in [3.8, 4) is 11.4 Å². The van der Waals surface area contributed by atoms with Gasteiger partial charge in [-0.2, -0.15) is 0 Å². The molecule has 172 valence electrons. The molecule has 2 aromatic heterocycles. The van der Waals surface area contributed by atoms with Crippen molar-refractivity contribution in [2.45, 2.75) is 13.5 Å². The quantitative estimate of drug-likeness (QED) is 0.294. The third-order valence-corrected chi connectivity index (χ3v) is 6.18. The smallest absolute Gasteiger partial charge is 0.336 e. The minimum Gasteiger partial charge on any atom is -0.487 e. The summed E-state index contributed by atoms with van der Waals surface area (Å²) in [4.78, 5) is 38.1. The van der Waals surface area contributed by atoms with Crippen LogP contribution in [0.15, 0.2) is 70.0 Å². The highest BCUT2D eigenvalue weighted by Crippen LogP contribution is 2.33. The zero-order valence-corrected chi connectivity index (χ0v) is 18.8. The van der Waals surface area contributed by atoms with E-state index in [4.69, 9.17) is 9.15 Å². The van der Waals surface area contributed by atoms with Gasteiger partial charge in [0.1, 0.15) is 23.6 Å². The molecule has 0 saturated carbocycles. The number of nitrogens with zero attached hydrogens (tertiary/aromatic N) is 4. The predicted octanol–water partition coefficient (Wildman–Crippen LogP) is 3.64. The highest BCUT2D eigenvalue weighted by Gasteiger charge is 2.30. The van der Waals surface area contributed by atoms with Gasteiger partial charge >= 0.3 is 5.63 Å². The van der Waals surface area contributed by atoms with E-state index in [1.54, 1.807) is 47.3 Å². The molecule has 0 N–H and O–H groups in total. The van der Waals surface area contributed by atoms with Crippen LogP contribution < -0.4 is 10.4 Å². The van der Waals surface area contributed by atoms with Crippen LogP contribution in [0.5, 0.6) is 5.75 Å². The van der Waals surface area contributed by atoms with Crippen LogP contribution in [-0.2, 0) is 6.61 Å². The molecule has 1 aliphatic heterocycles. The van der Waals surface area contributed by atoms with Crippen LogP contribution in [0.25, 0.3) is 27.4 Å². The summed E-state index contributed by atoms with van der Waals surface area (Å²) in [6.45, 7) is 1.99. The van der Waals surface area contributed by atoms with E-state index in [-0.39, 0.29) is 18.4 Å². The normalized spacial score (nSPS) is 13.1. The lowest BCUT2D eigenvalue weighted by Gasteiger charge is -2.24. The number of rotatable bonds is 4. The molecule has 2 amide bonds. The summed E-state index contributed by atoms with van der Waals surface area (Å²) >= 11 is 0. The Morgan fingerprint density at radius 3 is 2.57 bits per heavy atom. The fourth-order valence-corrected chi connectivity index (χ4v) is 4.44. The van der Waals surface area contributed by atoms with Gasteiger partial charge in [0, 0.05) is 46.5 Å². The predicted molar refractivity (Wildman–Crippen MR) is 127 cm³/mol. The van der Waals surface area contributed by atoms with Crippen molar-refractivity contribution in [1.82, 2.24) is 19.9 Å². The minimum absolute atomic E-state index is 0.143. The second kappa shape index (κ2) is 7.63. The Kier molecular flexibility index (Phi) is 4.53. The monoisotopic (exact) mass is 466 g/mol. The molecule has 1 aliphatic rings. The fraction of sp³-hybridized carbons (Fsp3) is 0.115. The number of amides is 2. The Morgan fingerprint density at radius 1 is 0.943 bits per heavy atom. The van der Waals surface area contributed by atoms with Gasteiger partial charge in [0.15, 0.2) is 0 Å². The first-order chi connectivity index (χ1) is 16.9. The van der Waals surface area contributed by atoms with E-state index < -0.39 is 5.63 Å². The third kappa shape index (κ3) is 3.28. The number of fused-ring (bicyclic) bond motifs is 1. The van der Waals surface area contributed by atoms with Crippen LogP contribution in [0.1, 0.15) is 32.0 Å². The molecule has 0 spiro atoms. The van der Waals surface area contributed by atoms with Gasteiger partial charge in [0.2, 0.25) is 0 Å². The van der Waals surface area contributed by atoms with Crippen molar-refractivity contribution in [3.05, 3.63) is 93.6 Å². The van der Waals surface area contributed by atoms with Crippen molar-refractivity contribution in [1.29, 1.82) is 0 Å².